The Kier molecular flexibility index (Phi) is 6.09. The number of hydrogen-bond donors (Lipinski definition) is 3. The van der Waals surface area contributed by atoms with E-state index in [1.165, 1.54) is 0 Å². The number of para-hydroxylation sites is 1. The molecule has 0 saturated carbocycles. The third kappa shape index (κ3) is 4.28. The molecule has 2 heterocycles. The molecule has 1 saturated heterocycles. The molecule has 1 aromatic carbocycles. The number of carbonyl (C=O) groups excluding carboxylic acids is 1. The van der Waals surface area contributed by atoms with E-state index in [-0.39, 0.29) is 23.9 Å². The number of halogens is 1. The van der Waals surface area contributed by atoms with E-state index in [2.05, 4.69) is 20.6 Å². The number of ether oxygens (including phenoxy) is 1. The van der Waals surface area contributed by atoms with Gasteiger partial charge in [-0.15, -0.1) is 12.4 Å². The normalized spacial score (nSPS) is 17.5. The average molecular weight is 339 g/mol. The maximum atomic E-state index is 11.9. The van der Waals surface area contributed by atoms with Crippen molar-refractivity contribution in [3.63, 3.8) is 0 Å². The van der Waals surface area contributed by atoms with Gasteiger partial charge in [-0.25, -0.2) is 4.98 Å². The topological polar surface area (TPSA) is 96.1 Å². The Hall–Kier alpha value is -1.96. The zero-order valence-electron chi connectivity index (χ0n) is 12.5. The Balaban J connectivity index is 0.00000192. The summed E-state index contributed by atoms with van der Waals surface area (Å²) in [4.78, 5) is 31.0. The second kappa shape index (κ2) is 8.05. The lowest BCUT2D eigenvalue weighted by Gasteiger charge is -2.22. The Bertz CT molecular complexity index is 728. The summed E-state index contributed by atoms with van der Waals surface area (Å²) in [5.74, 6) is 0.419. The molecule has 1 aliphatic heterocycles. The number of H-pyrrole nitrogens is 1. The zero-order valence-corrected chi connectivity index (χ0v) is 13.3. The van der Waals surface area contributed by atoms with Crippen LogP contribution < -0.4 is 16.2 Å². The first-order chi connectivity index (χ1) is 10.7. The molecule has 0 radical (unpaired) electrons. The van der Waals surface area contributed by atoms with Crippen LogP contribution in [-0.2, 0) is 16.0 Å². The van der Waals surface area contributed by atoms with E-state index in [0.717, 1.165) is 6.54 Å². The molecule has 3 rings (SSSR count). The van der Waals surface area contributed by atoms with E-state index in [4.69, 9.17) is 4.74 Å². The number of benzene rings is 1. The summed E-state index contributed by atoms with van der Waals surface area (Å²) in [6.45, 7) is 2.24. The largest absolute Gasteiger partial charge is 0.366 e. The van der Waals surface area contributed by atoms with Crippen molar-refractivity contribution in [2.75, 3.05) is 26.2 Å². The molecule has 1 amide bonds. The van der Waals surface area contributed by atoms with E-state index in [1.54, 1.807) is 18.2 Å². The molecular weight excluding hydrogens is 320 g/mol. The molecule has 1 fully saturated rings. The fourth-order valence-electron chi connectivity index (χ4n) is 2.41. The summed E-state index contributed by atoms with van der Waals surface area (Å²) < 4.78 is 5.37. The Morgan fingerprint density at radius 3 is 3.00 bits per heavy atom. The molecule has 1 aliphatic rings. The third-order valence-electron chi connectivity index (χ3n) is 3.54. The van der Waals surface area contributed by atoms with E-state index < -0.39 is 6.10 Å². The number of carbonyl (C=O) groups is 1. The van der Waals surface area contributed by atoms with Crippen molar-refractivity contribution in [2.45, 2.75) is 12.5 Å². The van der Waals surface area contributed by atoms with Gasteiger partial charge in [0.1, 0.15) is 11.9 Å². The van der Waals surface area contributed by atoms with Crippen molar-refractivity contribution in [3.05, 3.63) is 40.4 Å². The van der Waals surface area contributed by atoms with Gasteiger partial charge in [-0.3, -0.25) is 9.59 Å². The maximum absolute atomic E-state index is 11.9. The van der Waals surface area contributed by atoms with E-state index in [0.29, 0.717) is 42.8 Å². The number of rotatable bonds is 4. The molecule has 7 nitrogen and oxygen atoms in total. The lowest BCUT2D eigenvalue weighted by molar-refractivity contribution is -0.134. The van der Waals surface area contributed by atoms with Crippen LogP contribution in [-0.4, -0.2) is 48.2 Å². The van der Waals surface area contributed by atoms with Gasteiger partial charge in [0.2, 0.25) is 5.91 Å². The quantitative estimate of drug-likeness (QED) is 0.729. The predicted molar refractivity (Wildman–Crippen MR) is 88.9 cm³/mol. The highest BCUT2D eigenvalue weighted by Crippen LogP contribution is 2.05. The van der Waals surface area contributed by atoms with Gasteiger partial charge in [-0.05, 0) is 12.1 Å². The van der Waals surface area contributed by atoms with Crippen LogP contribution >= 0.6 is 12.4 Å². The van der Waals surface area contributed by atoms with Crippen LogP contribution in [0.1, 0.15) is 5.82 Å². The first-order valence-electron chi connectivity index (χ1n) is 7.32. The zero-order chi connectivity index (χ0) is 15.4. The summed E-state index contributed by atoms with van der Waals surface area (Å²) in [5, 5.41) is 6.47. The number of fused-ring (bicyclic) bond motifs is 1. The number of hydrogen-bond acceptors (Lipinski definition) is 5. The van der Waals surface area contributed by atoms with Crippen LogP contribution in [0, 0.1) is 0 Å². The summed E-state index contributed by atoms with van der Waals surface area (Å²) in [6, 6.07) is 7.18. The van der Waals surface area contributed by atoms with Crippen molar-refractivity contribution in [1.82, 2.24) is 20.6 Å². The van der Waals surface area contributed by atoms with Crippen molar-refractivity contribution >= 4 is 29.2 Å². The van der Waals surface area contributed by atoms with E-state index in [1.807, 2.05) is 6.07 Å². The van der Waals surface area contributed by atoms with Crippen molar-refractivity contribution < 1.29 is 9.53 Å². The molecule has 2 aromatic rings. The summed E-state index contributed by atoms with van der Waals surface area (Å²) in [6.07, 6.45) is 0.0174. The molecule has 1 unspecified atom stereocenters. The Morgan fingerprint density at radius 2 is 2.22 bits per heavy atom. The summed E-state index contributed by atoms with van der Waals surface area (Å²) in [7, 11) is 0. The monoisotopic (exact) mass is 338 g/mol. The molecule has 8 heteroatoms. The Labute approximate surface area is 139 Å². The van der Waals surface area contributed by atoms with Crippen molar-refractivity contribution in [3.8, 4) is 0 Å². The number of amides is 1. The molecule has 124 valence electrons. The Morgan fingerprint density at radius 1 is 1.39 bits per heavy atom. The fourth-order valence-corrected chi connectivity index (χ4v) is 2.41. The first kappa shape index (κ1) is 17.4. The minimum Gasteiger partial charge on any atom is -0.366 e. The van der Waals surface area contributed by atoms with Crippen LogP contribution in [0.15, 0.2) is 29.1 Å². The van der Waals surface area contributed by atoms with Crippen LogP contribution in [0.5, 0.6) is 0 Å². The van der Waals surface area contributed by atoms with Crippen LogP contribution in [0.4, 0.5) is 0 Å². The molecule has 0 spiro atoms. The van der Waals surface area contributed by atoms with Gasteiger partial charge in [0.05, 0.1) is 17.5 Å². The van der Waals surface area contributed by atoms with Gasteiger partial charge in [-0.2, -0.15) is 0 Å². The second-order valence-corrected chi connectivity index (χ2v) is 5.13. The lowest BCUT2D eigenvalue weighted by atomic mass is 10.2. The first-order valence-corrected chi connectivity index (χ1v) is 7.32. The second-order valence-electron chi connectivity index (χ2n) is 5.13. The SMILES string of the molecule is Cl.O=C(NCCc1nc2ccccc2c(=O)[nH]1)C1CNCCO1. The minimum absolute atomic E-state index is 0. The van der Waals surface area contributed by atoms with Crippen molar-refractivity contribution in [1.29, 1.82) is 0 Å². The molecule has 1 atom stereocenters. The smallest absolute Gasteiger partial charge is 0.258 e. The van der Waals surface area contributed by atoms with Crippen LogP contribution in [0.25, 0.3) is 10.9 Å². The highest BCUT2D eigenvalue weighted by atomic mass is 35.5. The van der Waals surface area contributed by atoms with Gasteiger partial charge >= 0.3 is 0 Å². The molecule has 23 heavy (non-hydrogen) atoms. The molecule has 0 bridgehead atoms. The van der Waals surface area contributed by atoms with Gasteiger partial charge in [-0.1, -0.05) is 12.1 Å². The number of nitrogens with one attached hydrogen (secondary N) is 3. The molecule has 3 N–H and O–H groups in total. The number of aromatic amines is 1. The molecule has 1 aromatic heterocycles. The average Bonchev–Trinajstić information content (AvgIpc) is 2.56. The van der Waals surface area contributed by atoms with Crippen LogP contribution in [0.3, 0.4) is 0 Å². The number of aromatic nitrogens is 2. The van der Waals surface area contributed by atoms with E-state index in [9.17, 15) is 9.59 Å². The van der Waals surface area contributed by atoms with Gasteiger partial charge < -0.3 is 20.4 Å². The van der Waals surface area contributed by atoms with Gasteiger partial charge in [0, 0.05) is 26.1 Å². The van der Waals surface area contributed by atoms with Crippen molar-refractivity contribution in [2.24, 2.45) is 0 Å². The number of nitrogens with zero attached hydrogens (tertiary/aromatic N) is 1. The van der Waals surface area contributed by atoms with Gasteiger partial charge in [0.15, 0.2) is 0 Å². The van der Waals surface area contributed by atoms with Crippen LogP contribution in [0.2, 0.25) is 0 Å². The standard InChI is InChI=1S/C15H18N4O3.ClH/c20-14-10-3-1-2-4-11(10)18-13(19-14)5-6-17-15(21)12-9-16-7-8-22-12;/h1-4,12,16H,5-9H2,(H,17,21)(H,18,19,20);1H. The van der Waals surface area contributed by atoms with Gasteiger partial charge in [0.25, 0.3) is 5.56 Å². The summed E-state index contributed by atoms with van der Waals surface area (Å²) in [5.41, 5.74) is 0.499. The minimum atomic E-state index is -0.447. The molecule has 0 aliphatic carbocycles. The summed E-state index contributed by atoms with van der Waals surface area (Å²) >= 11 is 0. The maximum Gasteiger partial charge on any atom is 0.258 e. The fraction of sp³-hybridized carbons (Fsp3) is 0.400. The molecular formula is C15H19ClN4O3. The number of morpholine rings is 1. The highest BCUT2D eigenvalue weighted by Gasteiger charge is 2.21. The van der Waals surface area contributed by atoms with E-state index >= 15 is 0 Å². The lowest BCUT2D eigenvalue weighted by Crippen LogP contribution is -2.48. The highest BCUT2D eigenvalue weighted by molar-refractivity contribution is 5.85. The third-order valence-corrected chi connectivity index (χ3v) is 3.54. The predicted octanol–water partition coefficient (Wildman–Crippen LogP) is -0.00800.